The van der Waals surface area contributed by atoms with Crippen LogP contribution in [0.5, 0.6) is 0 Å². The van der Waals surface area contributed by atoms with Gasteiger partial charge in [0, 0.05) is 31.2 Å². The van der Waals surface area contributed by atoms with Gasteiger partial charge in [-0.1, -0.05) is 36.4 Å². The predicted molar refractivity (Wildman–Crippen MR) is 137 cm³/mol. The summed E-state index contributed by atoms with van der Waals surface area (Å²) in [6.45, 7) is 3.38. The molecule has 1 aliphatic rings. The summed E-state index contributed by atoms with van der Waals surface area (Å²) in [7, 11) is 1.68. The SMILES string of the molecule is COCCc1nn(CC2CCC(COCC(=O)O)CC2)c(-c2ccc(C)cc2F)c1-c1ccccc1. The lowest BCUT2D eigenvalue weighted by atomic mass is 9.82. The molecular weight excluding hydrogens is 459 g/mol. The lowest BCUT2D eigenvalue weighted by molar-refractivity contribution is -0.142. The zero-order chi connectivity index (χ0) is 25.5. The van der Waals surface area contributed by atoms with Crippen molar-refractivity contribution in [2.45, 2.75) is 45.6 Å². The molecule has 2 aromatic carbocycles. The number of aryl methyl sites for hydroxylation is 1. The smallest absolute Gasteiger partial charge is 0.329 e. The van der Waals surface area contributed by atoms with Gasteiger partial charge in [0.15, 0.2) is 0 Å². The molecule has 0 saturated heterocycles. The highest BCUT2D eigenvalue weighted by Gasteiger charge is 2.27. The summed E-state index contributed by atoms with van der Waals surface area (Å²) in [6.07, 6.45) is 4.63. The molecule has 0 spiro atoms. The maximum atomic E-state index is 15.4. The van der Waals surface area contributed by atoms with Crippen LogP contribution in [0, 0.1) is 24.6 Å². The second-order valence-corrected chi connectivity index (χ2v) is 9.74. The van der Waals surface area contributed by atoms with E-state index in [2.05, 4.69) is 12.1 Å². The van der Waals surface area contributed by atoms with Gasteiger partial charge >= 0.3 is 5.97 Å². The van der Waals surface area contributed by atoms with Crippen molar-refractivity contribution in [1.82, 2.24) is 9.78 Å². The Morgan fingerprint density at radius 3 is 2.50 bits per heavy atom. The summed E-state index contributed by atoms with van der Waals surface area (Å²) >= 11 is 0. The summed E-state index contributed by atoms with van der Waals surface area (Å²) in [5, 5.41) is 13.8. The van der Waals surface area contributed by atoms with E-state index < -0.39 is 5.97 Å². The van der Waals surface area contributed by atoms with E-state index in [0.717, 1.165) is 53.8 Å². The average Bonchev–Trinajstić information content (AvgIpc) is 3.21. The number of benzene rings is 2. The van der Waals surface area contributed by atoms with Gasteiger partial charge in [0.1, 0.15) is 12.4 Å². The minimum Gasteiger partial charge on any atom is -0.480 e. The molecule has 0 atom stereocenters. The number of aliphatic carboxylic acids is 1. The first-order valence-electron chi connectivity index (χ1n) is 12.7. The van der Waals surface area contributed by atoms with Crippen LogP contribution in [0.3, 0.4) is 0 Å². The Balaban J connectivity index is 1.65. The minimum atomic E-state index is -0.934. The molecule has 1 aromatic heterocycles. The fourth-order valence-electron chi connectivity index (χ4n) is 5.15. The highest BCUT2D eigenvalue weighted by Crippen LogP contribution is 2.39. The fourth-order valence-corrected chi connectivity index (χ4v) is 5.15. The predicted octanol–water partition coefficient (Wildman–Crippen LogP) is 5.76. The van der Waals surface area contributed by atoms with E-state index in [9.17, 15) is 4.79 Å². The number of hydrogen-bond acceptors (Lipinski definition) is 4. The lowest BCUT2D eigenvalue weighted by Crippen LogP contribution is -2.23. The van der Waals surface area contributed by atoms with Gasteiger partial charge in [-0.05, 0) is 67.7 Å². The molecular formula is C29H35FN2O4. The van der Waals surface area contributed by atoms with E-state index in [-0.39, 0.29) is 12.4 Å². The number of carboxylic acid groups (broad SMARTS) is 1. The van der Waals surface area contributed by atoms with Crippen LogP contribution < -0.4 is 0 Å². The first-order valence-corrected chi connectivity index (χ1v) is 12.7. The van der Waals surface area contributed by atoms with Crippen molar-refractivity contribution in [2.75, 3.05) is 26.9 Å². The van der Waals surface area contributed by atoms with Crippen molar-refractivity contribution in [3.05, 3.63) is 65.6 Å². The summed E-state index contributed by atoms with van der Waals surface area (Å²) in [5.41, 5.74) is 5.15. The number of methoxy groups -OCH3 is 1. The molecule has 1 aliphatic carbocycles. The van der Waals surface area contributed by atoms with Gasteiger partial charge in [-0.25, -0.2) is 9.18 Å². The van der Waals surface area contributed by atoms with Crippen molar-refractivity contribution in [1.29, 1.82) is 0 Å². The highest BCUT2D eigenvalue weighted by atomic mass is 19.1. The van der Waals surface area contributed by atoms with E-state index in [1.165, 1.54) is 0 Å². The summed E-state index contributed by atoms with van der Waals surface area (Å²) < 4.78 is 28.1. The number of halogens is 1. The highest BCUT2D eigenvalue weighted by molar-refractivity contribution is 5.83. The van der Waals surface area contributed by atoms with Crippen LogP contribution in [0.1, 0.15) is 36.9 Å². The van der Waals surface area contributed by atoms with Gasteiger partial charge < -0.3 is 14.6 Å². The molecule has 1 fully saturated rings. The van der Waals surface area contributed by atoms with Gasteiger partial charge in [-0.15, -0.1) is 0 Å². The zero-order valence-corrected chi connectivity index (χ0v) is 21.1. The quantitative estimate of drug-likeness (QED) is 0.367. The van der Waals surface area contributed by atoms with Crippen LogP contribution in [0.25, 0.3) is 22.4 Å². The number of rotatable bonds is 11. The Hall–Kier alpha value is -3.03. The van der Waals surface area contributed by atoms with E-state index in [1.807, 2.05) is 41.9 Å². The largest absolute Gasteiger partial charge is 0.480 e. The Morgan fingerprint density at radius 1 is 1.11 bits per heavy atom. The number of ether oxygens (including phenoxy) is 2. The molecule has 7 heteroatoms. The first-order chi connectivity index (χ1) is 17.5. The molecule has 4 rings (SSSR count). The molecule has 1 saturated carbocycles. The van der Waals surface area contributed by atoms with Gasteiger partial charge in [-0.3, -0.25) is 4.68 Å². The number of nitrogens with zero attached hydrogens (tertiary/aromatic N) is 2. The Bertz CT molecular complexity index is 1150. The third-order valence-electron chi connectivity index (χ3n) is 6.99. The summed E-state index contributed by atoms with van der Waals surface area (Å²) in [5.74, 6) is -0.390. The molecule has 1 heterocycles. The van der Waals surface area contributed by atoms with Crippen LogP contribution in [0.15, 0.2) is 48.5 Å². The molecule has 0 amide bonds. The molecule has 36 heavy (non-hydrogen) atoms. The average molecular weight is 495 g/mol. The molecule has 3 aromatic rings. The minimum absolute atomic E-state index is 0.245. The standard InChI is InChI=1S/C29H35FN2O4/c1-20-8-13-24(25(30)16-20)29-28(23-6-4-3-5-7-23)26(14-15-35-2)31-32(29)17-21-9-11-22(12-10-21)18-36-19-27(33)34/h3-8,13,16,21-22H,9-12,14-15,17-19H2,1-2H3,(H,33,34). The van der Waals surface area contributed by atoms with Crippen molar-refractivity contribution >= 4 is 5.97 Å². The van der Waals surface area contributed by atoms with E-state index in [4.69, 9.17) is 19.7 Å². The molecule has 0 unspecified atom stereocenters. The Labute approximate surface area is 212 Å². The molecule has 0 aliphatic heterocycles. The first kappa shape index (κ1) is 26.0. The monoisotopic (exact) mass is 494 g/mol. The molecule has 1 N–H and O–H groups in total. The van der Waals surface area contributed by atoms with Crippen molar-refractivity contribution in [3.63, 3.8) is 0 Å². The second-order valence-electron chi connectivity index (χ2n) is 9.74. The van der Waals surface area contributed by atoms with Crippen LogP contribution >= 0.6 is 0 Å². The van der Waals surface area contributed by atoms with E-state index >= 15 is 4.39 Å². The third-order valence-corrected chi connectivity index (χ3v) is 6.99. The van der Waals surface area contributed by atoms with Gasteiger partial charge in [-0.2, -0.15) is 5.10 Å². The summed E-state index contributed by atoms with van der Waals surface area (Å²) in [4.78, 5) is 10.7. The van der Waals surface area contributed by atoms with Crippen molar-refractivity contribution in [3.8, 4) is 22.4 Å². The number of carbonyl (C=O) groups is 1. The van der Waals surface area contributed by atoms with Crippen LogP contribution in [0.4, 0.5) is 4.39 Å². The summed E-state index contributed by atoms with van der Waals surface area (Å²) in [6, 6.07) is 15.5. The molecule has 192 valence electrons. The number of aromatic nitrogens is 2. The topological polar surface area (TPSA) is 73.6 Å². The molecule has 6 nitrogen and oxygen atoms in total. The van der Waals surface area contributed by atoms with E-state index in [1.54, 1.807) is 13.2 Å². The van der Waals surface area contributed by atoms with Gasteiger partial charge in [0.05, 0.1) is 24.6 Å². The van der Waals surface area contributed by atoms with Gasteiger partial charge in [0.25, 0.3) is 0 Å². The number of carboxylic acids is 1. The third kappa shape index (κ3) is 6.39. The van der Waals surface area contributed by atoms with Gasteiger partial charge in [0.2, 0.25) is 0 Å². The second kappa shape index (κ2) is 12.3. The Morgan fingerprint density at radius 2 is 1.83 bits per heavy atom. The van der Waals surface area contributed by atoms with Crippen LogP contribution in [0.2, 0.25) is 0 Å². The van der Waals surface area contributed by atoms with Crippen molar-refractivity contribution < 1.29 is 23.8 Å². The van der Waals surface area contributed by atoms with Crippen molar-refractivity contribution in [2.24, 2.45) is 11.8 Å². The maximum absolute atomic E-state index is 15.4. The van der Waals surface area contributed by atoms with E-state index in [0.29, 0.717) is 43.6 Å². The maximum Gasteiger partial charge on any atom is 0.329 e. The normalized spacial score (nSPS) is 17.9. The Kier molecular flexibility index (Phi) is 8.88. The van der Waals surface area contributed by atoms with Crippen LogP contribution in [-0.2, 0) is 27.2 Å². The molecule has 0 radical (unpaired) electrons. The van der Waals surface area contributed by atoms with Crippen LogP contribution in [-0.4, -0.2) is 47.8 Å². The zero-order valence-electron chi connectivity index (χ0n) is 21.1. The fraction of sp³-hybridized carbons (Fsp3) is 0.448. The molecule has 0 bridgehead atoms. The lowest BCUT2D eigenvalue weighted by Gasteiger charge is -2.28. The number of hydrogen-bond donors (Lipinski definition) is 1.